The molecule has 4 heteroatoms. The standard InChI is InChI=1S/C9H11NO3/c1-2-5-9(10,8(11)12)7-4-3-6-13-7/h2-4,6H,1,5,10H2,(H,11,12). The Morgan fingerprint density at radius 2 is 2.54 bits per heavy atom. The zero-order valence-electron chi connectivity index (χ0n) is 7.06. The third-order valence-electron chi connectivity index (χ3n) is 1.81. The Morgan fingerprint density at radius 1 is 1.85 bits per heavy atom. The molecule has 70 valence electrons. The maximum Gasteiger partial charge on any atom is 0.331 e. The second kappa shape index (κ2) is 3.45. The largest absolute Gasteiger partial charge is 0.480 e. The van der Waals surface area contributed by atoms with Gasteiger partial charge < -0.3 is 15.3 Å². The number of rotatable bonds is 4. The maximum atomic E-state index is 10.9. The molecule has 13 heavy (non-hydrogen) atoms. The van der Waals surface area contributed by atoms with Crippen LogP contribution in [0.5, 0.6) is 0 Å². The van der Waals surface area contributed by atoms with Gasteiger partial charge in [-0.3, -0.25) is 0 Å². The molecule has 4 nitrogen and oxygen atoms in total. The van der Waals surface area contributed by atoms with Crippen LogP contribution >= 0.6 is 0 Å². The van der Waals surface area contributed by atoms with Crippen LogP contribution in [0, 0.1) is 0 Å². The van der Waals surface area contributed by atoms with Crippen molar-refractivity contribution in [1.29, 1.82) is 0 Å². The first-order chi connectivity index (χ1) is 6.11. The first-order valence-electron chi connectivity index (χ1n) is 3.78. The van der Waals surface area contributed by atoms with Crippen molar-refractivity contribution in [2.24, 2.45) is 5.73 Å². The van der Waals surface area contributed by atoms with Gasteiger partial charge in [0.25, 0.3) is 0 Å². The first-order valence-corrected chi connectivity index (χ1v) is 3.78. The fourth-order valence-electron chi connectivity index (χ4n) is 1.05. The van der Waals surface area contributed by atoms with Crippen LogP contribution in [0.4, 0.5) is 0 Å². The number of hydrogen-bond acceptors (Lipinski definition) is 3. The third kappa shape index (κ3) is 1.62. The molecule has 1 unspecified atom stereocenters. The van der Waals surface area contributed by atoms with Crippen LogP contribution in [0.3, 0.4) is 0 Å². The Balaban J connectivity index is 3.05. The molecule has 0 radical (unpaired) electrons. The third-order valence-corrected chi connectivity index (χ3v) is 1.81. The van der Waals surface area contributed by atoms with Crippen LogP contribution in [-0.2, 0) is 10.3 Å². The quantitative estimate of drug-likeness (QED) is 0.682. The van der Waals surface area contributed by atoms with Crippen LogP contribution in [0.2, 0.25) is 0 Å². The average molecular weight is 181 g/mol. The van der Waals surface area contributed by atoms with Crippen LogP contribution in [0.1, 0.15) is 12.2 Å². The van der Waals surface area contributed by atoms with Crippen molar-refractivity contribution < 1.29 is 14.3 Å². The van der Waals surface area contributed by atoms with Gasteiger partial charge in [0.2, 0.25) is 0 Å². The second-order valence-corrected chi connectivity index (χ2v) is 2.75. The second-order valence-electron chi connectivity index (χ2n) is 2.75. The van der Waals surface area contributed by atoms with E-state index in [4.69, 9.17) is 15.3 Å². The van der Waals surface area contributed by atoms with Gasteiger partial charge in [0.15, 0.2) is 5.54 Å². The molecule has 0 saturated carbocycles. The van der Waals surface area contributed by atoms with Gasteiger partial charge in [-0.1, -0.05) is 6.08 Å². The van der Waals surface area contributed by atoms with Crippen LogP contribution in [0.15, 0.2) is 35.5 Å². The van der Waals surface area contributed by atoms with Crippen molar-refractivity contribution in [3.63, 3.8) is 0 Å². The summed E-state index contributed by atoms with van der Waals surface area (Å²) in [5.41, 5.74) is 4.16. The highest BCUT2D eigenvalue weighted by Crippen LogP contribution is 2.23. The molecule has 0 bridgehead atoms. The topological polar surface area (TPSA) is 76.5 Å². The molecule has 0 aromatic carbocycles. The summed E-state index contributed by atoms with van der Waals surface area (Å²) in [4.78, 5) is 10.9. The molecule has 0 aliphatic carbocycles. The number of carboxylic acid groups (broad SMARTS) is 1. The van der Waals surface area contributed by atoms with Crippen molar-refractivity contribution in [2.75, 3.05) is 0 Å². The van der Waals surface area contributed by atoms with Gasteiger partial charge in [0.1, 0.15) is 5.76 Å². The summed E-state index contributed by atoms with van der Waals surface area (Å²) in [6.45, 7) is 3.45. The smallest absolute Gasteiger partial charge is 0.331 e. The molecule has 0 fully saturated rings. The van der Waals surface area contributed by atoms with E-state index in [1.54, 1.807) is 6.07 Å². The van der Waals surface area contributed by atoms with E-state index in [9.17, 15) is 4.79 Å². The van der Waals surface area contributed by atoms with E-state index < -0.39 is 11.5 Å². The zero-order chi connectivity index (χ0) is 9.90. The number of carbonyl (C=O) groups is 1. The first kappa shape index (κ1) is 9.54. The van der Waals surface area contributed by atoms with Gasteiger partial charge >= 0.3 is 5.97 Å². The molecule has 0 aliphatic heterocycles. The summed E-state index contributed by atoms with van der Waals surface area (Å²) < 4.78 is 4.96. The number of carboxylic acids is 1. The fraction of sp³-hybridized carbons (Fsp3) is 0.222. The predicted molar refractivity (Wildman–Crippen MR) is 47.0 cm³/mol. The van der Waals surface area contributed by atoms with Crippen molar-refractivity contribution in [3.05, 3.63) is 36.8 Å². The normalized spacial score (nSPS) is 14.8. The summed E-state index contributed by atoms with van der Waals surface area (Å²) in [6.07, 6.45) is 2.98. The van der Waals surface area contributed by atoms with E-state index in [-0.39, 0.29) is 12.2 Å². The van der Waals surface area contributed by atoms with Gasteiger partial charge in [0.05, 0.1) is 6.26 Å². The van der Waals surface area contributed by atoms with E-state index in [1.165, 1.54) is 18.4 Å². The molecule has 1 rings (SSSR count). The minimum absolute atomic E-state index is 0.135. The van der Waals surface area contributed by atoms with Gasteiger partial charge in [0, 0.05) is 6.42 Å². The van der Waals surface area contributed by atoms with Crippen LogP contribution in [0.25, 0.3) is 0 Å². The Labute approximate surface area is 75.7 Å². The number of nitrogens with two attached hydrogens (primary N) is 1. The summed E-state index contributed by atoms with van der Waals surface area (Å²) >= 11 is 0. The van der Waals surface area contributed by atoms with Gasteiger partial charge in [-0.25, -0.2) is 4.79 Å². The Morgan fingerprint density at radius 3 is 2.92 bits per heavy atom. The maximum absolute atomic E-state index is 10.9. The van der Waals surface area contributed by atoms with E-state index >= 15 is 0 Å². The van der Waals surface area contributed by atoms with Crippen molar-refractivity contribution in [3.8, 4) is 0 Å². The zero-order valence-corrected chi connectivity index (χ0v) is 7.06. The Bertz CT molecular complexity index is 305. The predicted octanol–water partition coefficient (Wildman–Crippen LogP) is 1.09. The van der Waals surface area contributed by atoms with Crippen molar-refractivity contribution in [1.82, 2.24) is 0 Å². The van der Waals surface area contributed by atoms with E-state index in [0.29, 0.717) is 0 Å². The SMILES string of the molecule is C=CCC(N)(C(=O)O)c1ccco1. The molecule has 0 aliphatic rings. The summed E-state index contributed by atoms with van der Waals surface area (Å²) in [5.74, 6) is -0.887. The number of furan rings is 1. The highest BCUT2D eigenvalue weighted by molar-refractivity contribution is 5.79. The molecule has 0 spiro atoms. The molecule has 1 aromatic heterocycles. The number of hydrogen-bond donors (Lipinski definition) is 2. The highest BCUT2D eigenvalue weighted by Gasteiger charge is 2.37. The van der Waals surface area contributed by atoms with Gasteiger partial charge in [-0.05, 0) is 12.1 Å². The molecule has 1 heterocycles. The number of aliphatic carboxylic acids is 1. The average Bonchev–Trinajstić information content (AvgIpc) is 2.56. The van der Waals surface area contributed by atoms with Crippen LogP contribution < -0.4 is 5.73 Å². The van der Waals surface area contributed by atoms with Gasteiger partial charge in [-0.2, -0.15) is 0 Å². The summed E-state index contributed by atoms with van der Waals surface area (Å²) in [5, 5.41) is 8.90. The van der Waals surface area contributed by atoms with Crippen molar-refractivity contribution >= 4 is 5.97 Å². The molecular weight excluding hydrogens is 170 g/mol. The van der Waals surface area contributed by atoms with E-state index in [2.05, 4.69) is 6.58 Å². The lowest BCUT2D eigenvalue weighted by molar-refractivity contribution is -0.144. The summed E-state index contributed by atoms with van der Waals surface area (Å²) in [6, 6.07) is 3.14. The van der Waals surface area contributed by atoms with Crippen molar-refractivity contribution in [2.45, 2.75) is 12.0 Å². The monoisotopic (exact) mass is 181 g/mol. The molecule has 1 aromatic rings. The molecule has 1 atom stereocenters. The summed E-state index contributed by atoms with van der Waals surface area (Å²) in [7, 11) is 0. The minimum atomic E-state index is -1.49. The highest BCUT2D eigenvalue weighted by atomic mass is 16.4. The lowest BCUT2D eigenvalue weighted by Crippen LogP contribution is -2.44. The van der Waals surface area contributed by atoms with E-state index in [1.807, 2.05) is 0 Å². The molecule has 3 N–H and O–H groups in total. The lowest BCUT2D eigenvalue weighted by atomic mass is 9.94. The fourth-order valence-corrected chi connectivity index (χ4v) is 1.05. The lowest BCUT2D eigenvalue weighted by Gasteiger charge is -2.19. The Hall–Kier alpha value is -1.55. The molecule has 0 saturated heterocycles. The van der Waals surface area contributed by atoms with Crippen LogP contribution in [-0.4, -0.2) is 11.1 Å². The van der Waals surface area contributed by atoms with E-state index in [0.717, 1.165) is 0 Å². The van der Waals surface area contributed by atoms with Gasteiger partial charge in [-0.15, -0.1) is 6.58 Å². The Kier molecular flexibility index (Phi) is 2.53. The molecular formula is C9H11NO3. The minimum Gasteiger partial charge on any atom is -0.480 e. The molecule has 0 amide bonds.